The van der Waals surface area contributed by atoms with E-state index in [1.807, 2.05) is 36.4 Å². The second kappa shape index (κ2) is 11.8. The third kappa shape index (κ3) is 5.55. The highest BCUT2D eigenvalue weighted by atomic mass is 35.5. The number of ketones is 1. The Morgan fingerprint density at radius 3 is 2.61 bits per heavy atom. The number of aromatic nitrogens is 1. The van der Waals surface area contributed by atoms with Crippen LogP contribution in [0.1, 0.15) is 41.3 Å². The van der Waals surface area contributed by atoms with Crippen molar-refractivity contribution in [3.05, 3.63) is 77.0 Å². The molecule has 8 heteroatoms. The molecular formula is C28H33ClN4O3. The highest BCUT2D eigenvalue weighted by Crippen LogP contribution is 2.36. The lowest BCUT2D eigenvalue weighted by atomic mass is 9.91. The fourth-order valence-electron chi connectivity index (χ4n) is 5.47. The molecule has 0 radical (unpaired) electrons. The van der Waals surface area contributed by atoms with E-state index in [-0.39, 0.29) is 24.2 Å². The summed E-state index contributed by atoms with van der Waals surface area (Å²) in [5.41, 5.74) is 6.91. The van der Waals surface area contributed by atoms with Crippen molar-refractivity contribution in [1.82, 2.24) is 20.3 Å². The molecule has 0 aliphatic carbocycles. The largest absolute Gasteiger partial charge is 0.343 e. The first-order valence-electron chi connectivity index (χ1n) is 12.4. The summed E-state index contributed by atoms with van der Waals surface area (Å²) in [6, 6.07) is 15.6. The van der Waals surface area contributed by atoms with Crippen LogP contribution in [0.15, 0.2) is 54.6 Å². The van der Waals surface area contributed by atoms with Crippen molar-refractivity contribution in [2.75, 3.05) is 26.2 Å². The SMILES string of the molecule is Cl.O=C(/C=C/c1ccc2c(c1)c1c(n2CCN2CCCC2)CCNC1C(=O)Cc1ccccc1)NO. The smallest absolute Gasteiger partial charge is 0.267 e. The topological polar surface area (TPSA) is 86.6 Å². The van der Waals surface area contributed by atoms with E-state index in [1.54, 1.807) is 11.6 Å². The number of carbonyl (C=O) groups excluding carboxylic acids is 2. The van der Waals surface area contributed by atoms with Gasteiger partial charge in [-0.3, -0.25) is 14.8 Å². The summed E-state index contributed by atoms with van der Waals surface area (Å²) in [6.07, 6.45) is 6.76. The molecule has 7 nitrogen and oxygen atoms in total. The van der Waals surface area contributed by atoms with Crippen molar-refractivity contribution in [2.45, 2.75) is 38.3 Å². The Balaban J connectivity index is 0.00000304. The van der Waals surface area contributed by atoms with Gasteiger partial charge in [-0.2, -0.15) is 0 Å². The van der Waals surface area contributed by atoms with Gasteiger partial charge in [0.15, 0.2) is 5.78 Å². The van der Waals surface area contributed by atoms with Crippen molar-refractivity contribution in [2.24, 2.45) is 0 Å². The van der Waals surface area contributed by atoms with Crippen molar-refractivity contribution in [1.29, 1.82) is 0 Å². The Hall–Kier alpha value is -2.97. The molecule has 3 aromatic rings. The van der Waals surface area contributed by atoms with Gasteiger partial charge in [0.25, 0.3) is 5.91 Å². The molecule has 2 aliphatic rings. The number of amides is 1. The summed E-state index contributed by atoms with van der Waals surface area (Å²) in [5.74, 6) is -0.413. The minimum Gasteiger partial charge on any atom is -0.343 e. The third-order valence-electron chi connectivity index (χ3n) is 7.16. The van der Waals surface area contributed by atoms with Gasteiger partial charge in [0.05, 0.1) is 6.04 Å². The summed E-state index contributed by atoms with van der Waals surface area (Å²) in [5, 5.41) is 13.3. The third-order valence-corrected chi connectivity index (χ3v) is 7.16. The van der Waals surface area contributed by atoms with E-state index in [1.165, 1.54) is 24.6 Å². The summed E-state index contributed by atoms with van der Waals surface area (Å²) in [4.78, 5) is 27.5. The molecule has 1 amide bonds. The average molecular weight is 509 g/mol. The maximum atomic E-state index is 13.5. The number of fused-ring (bicyclic) bond motifs is 3. The van der Waals surface area contributed by atoms with Crippen LogP contribution in [0.3, 0.4) is 0 Å². The van der Waals surface area contributed by atoms with Crippen molar-refractivity contribution in [3.63, 3.8) is 0 Å². The van der Waals surface area contributed by atoms with Gasteiger partial charge in [0.1, 0.15) is 0 Å². The Labute approximate surface area is 217 Å². The van der Waals surface area contributed by atoms with Crippen LogP contribution in [0, 0.1) is 0 Å². The summed E-state index contributed by atoms with van der Waals surface area (Å²) >= 11 is 0. The second-order valence-corrected chi connectivity index (χ2v) is 9.41. The number of hydrogen-bond acceptors (Lipinski definition) is 5. The first kappa shape index (κ1) is 26.1. The number of nitrogens with one attached hydrogen (secondary N) is 2. The van der Waals surface area contributed by atoms with Gasteiger partial charge >= 0.3 is 0 Å². The first-order valence-corrected chi connectivity index (χ1v) is 12.4. The van der Waals surface area contributed by atoms with E-state index in [0.29, 0.717) is 6.42 Å². The van der Waals surface area contributed by atoms with Gasteiger partial charge < -0.3 is 14.8 Å². The van der Waals surface area contributed by atoms with E-state index in [9.17, 15) is 9.59 Å². The number of halogens is 1. The Morgan fingerprint density at radius 2 is 1.86 bits per heavy atom. The lowest BCUT2D eigenvalue weighted by Gasteiger charge is -2.26. The number of rotatable bonds is 8. The molecule has 1 aromatic heterocycles. The summed E-state index contributed by atoms with van der Waals surface area (Å²) in [6.45, 7) is 4.98. The van der Waals surface area contributed by atoms with Crippen LogP contribution < -0.4 is 10.8 Å². The molecule has 1 fully saturated rings. The minimum atomic E-state index is -0.576. The fourth-order valence-corrected chi connectivity index (χ4v) is 5.47. The molecule has 3 N–H and O–H groups in total. The Kier molecular flexibility index (Phi) is 8.59. The molecule has 0 bridgehead atoms. The number of carbonyl (C=O) groups is 2. The predicted molar refractivity (Wildman–Crippen MR) is 143 cm³/mol. The quantitative estimate of drug-likeness (QED) is 0.245. The van der Waals surface area contributed by atoms with Gasteiger partial charge in [-0.05, 0) is 55.3 Å². The van der Waals surface area contributed by atoms with Crippen LogP contribution >= 0.6 is 12.4 Å². The standard InChI is InChI=1S/C28H32N4O3.ClH/c33-25(19-20-6-2-1-3-7-20)28-27-22-18-21(9-11-26(34)30-35)8-10-23(22)32(24(27)12-13-29-28)17-16-31-14-4-5-15-31;/h1-3,6-11,18,28-29,35H,4-5,12-17,19H2,(H,30,34);1H/b11-9+;. The van der Waals surface area contributed by atoms with Gasteiger partial charge in [-0.1, -0.05) is 36.4 Å². The normalized spacial score (nSPS) is 17.8. The van der Waals surface area contributed by atoms with Crippen LogP contribution in [0.25, 0.3) is 17.0 Å². The maximum Gasteiger partial charge on any atom is 0.267 e. The molecule has 2 aromatic carbocycles. The average Bonchev–Trinajstić information content (AvgIpc) is 3.52. The van der Waals surface area contributed by atoms with Gasteiger partial charge in [-0.25, -0.2) is 5.48 Å². The Bertz CT molecular complexity index is 1250. The maximum absolute atomic E-state index is 13.5. The van der Waals surface area contributed by atoms with Crippen molar-refractivity contribution in [3.8, 4) is 0 Å². The highest BCUT2D eigenvalue weighted by Gasteiger charge is 2.31. The van der Waals surface area contributed by atoms with Gasteiger partial charge in [0, 0.05) is 60.7 Å². The van der Waals surface area contributed by atoms with Crippen LogP contribution in [-0.4, -0.2) is 52.5 Å². The highest BCUT2D eigenvalue weighted by molar-refractivity contribution is 5.97. The molecule has 36 heavy (non-hydrogen) atoms. The molecule has 2 aliphatic heterocycles. The van der Waals surface area contributed by atoms with Crippen LogP contribution in [-0.2, 0) is 29.0 Å². The zero-order chi connectivity index (χ0) is 24.2. The monoisotopic (exact) mass is 508 g/mol. The molecule has 5 rings (SSSR count). The minimum absolute atomic E-state index is 0. The summed E-state index contributed by atoms with van der Waals surface area (Å²) < 4.78 is 2.40. The molecule has 1 atom stereocenters. The van der Waals surface area contributed by atoms with Gasteiger partial charge in [0.2, 0.25) is 0 Å². The van der Waals surface area contributed by atoms with Crippen molar-refractivity contribution < 1.29 is 14.8 Å². The van der Waals surface area contributed by atoms with Crippen LogP contribution in [0.4, 0.5) is 0 Å². The van der Waals surface area contributed by atoms with E-state index < -0.39 is 5.91 Å². The number of benzene rings is 2. The van der Waals surface area contributed by atoms with Crippen molar-refractivity contribution >= 4 is 41.1 Å². The van der Waals surface area contributed by atoms with Crippen LogP contribution in [0.5, 0.6) is 0 Å². The molecule has 0 saturated carbocycles. The van der Waals surface area contributed by atoms with Crippen LogP contribution in [0.2, 0.25) is 0 Å². The lowest BCUT2D eigenvalue weighted by Crippen LogP contribution is -2.36. The van der Waals surface area contributed by atoms with E-state index in [2.05, 4.69) is 26.9 Å². The fraction of sp³-hybridized carbons (Fsp3) is 0.357. The number of hydroxylamine groups is 1. The predicted octanol–water partition coefficient (Wildman–Crippen LogP) is 3.68. The lowest BCUT2D eigenvalue weighted by molar-refractivity contribution is -0.124. The second-order valence-electron chi connectivity index (χ2n) is 9.41. The van der Waals surface area contributed by atoms with E-state index >= 15 is 0 Å². The summed E-state index contributed by atoms with van der Waals surface area (Å²) in [7, 11) is 0. The Morgan fingerprint density at radius 1 is 1.08 bits per heavy atom. The van der Waals surface area contributed by atoms with E-state index in [0.717, 1.165) is 66.7 Å². The number of likely N-dealkylation sites (tertiary alicyclic amines) is 1. The molecule has 1 saturated heterocycles. The first-order chi connectivity index (χ1) is 17.1. The molecule has 0 spiro atoms. The molecule has 3 heterocycles. The molecular weight excluding hydrogens is 476 g/mol. The number of hydrogen-bond donors (Lipinski definition) is 3. The number of Topliss-reactive ketones (excluding diaryl/α,β-unsaturated/α-hetero) is 1. The molecule has 1 unspecified atom stereocenters. The van der Waals surface area contributed by atoms with Gasteiger partial charge in [-0.15, -0.1) is 12.4 Å². The zero-order valence-corrected chi connectivity index (χ0v) is 21.1. The zero-order valence-electron chi connectivity index (χ0n) is 20.3. The number of nitrogens with zero attached hydrogens (tertiary/aromatic N) is 2. The van der Waals surface area contributed by atoms with E-state index in [4.69, 9.17) is 5.21 Å². The molecule has 190 valence electrons.